The van der Waals surface area contributed by atoms with Crippen molar-refractivity contribution in [3.8, 4) is 22.5 Å². The highest BCUT2D eigenvalue weighted by Gasteiger charge is 2.12. The predicted octanol–water partition coefficient (Wildman–Crippen LogP) is 8.74. The van der Waals surface area contributed by atoms with Gasteiger partial charge >= 0.3 is 0 Å². The molecular formula is C30H16Br2N4. The summed E-state index contributed by atoms with van der Waals surface area (Å²) in [7, 11) is 0. The van der Waals surface area contributed by atoms with E-state index in [0.717, 1.165) is 75.1 Å². The van der Waals surface area contributed by atoms with Crippen molar-refractivity contribution < 1.29 is 0 Å². The number of aromatic nitrogens is 4. The molecule has 0 N–H and O–H groups in total. The Morgan fingerprint density at radius 1 is 0.472 bits per heavy atom. The van der Waals surface area contributed by atoms with Gasteiger partial charge in [-0.15, -0.1) is 0 Å². The number of benzene rings is 3. The lowest BCUT2D eigenvalue weighted by atomic mass is 10.0. The fourth-order valence-corrected chi connectivity index (χ4v) is 5.85. The minimum Gasteiger partial charge on any atom is -0.254 e. The van der Waals surface area contributed by atoms with E-state index in [9.17, 15) is 0 Å². The molecule has 0 saturated carbocycles. The van der Waals surface area contributed by atoms with Crippen LogP contribution in [-0.2, 0) is 0 Å². The van der Waals surface area contributed by atoms with Gasteiger partial charge in [-0.25, -0.2) is 9.97 Å². The molecule has 4 aromatic heterocycles. The highest BCUT2D eigenvalue weighted by atomic mass is 79.9. The van der Waals surface area contributed by atoms with Crippen LogP contribution in [0.3, 0.4) is 0 Å². The highest BCUT2D eigenvalue weighted by Crippen LogP contribution is 2.34. The molecule has 170 valence electrons. The van der Waals surface area contributed by atoms with Crippen LogP contribution in [0, 0.1) is 0 Å². The lowest BCUT2D eigenvalue weighted by Crippen LogP contribution is -1.91. The Bertz CT molecular complexity index is 1840. The predicted molar refractivity (Wildman–Crippen MR) is 154 cm³/mol. The maximum atomic E-state index is 5.03. The van der Waals surface area contributed by atoms with Crippen molar-refractivity contribution in [2.45, 2.75) is 0 Å². The Morgan fingerprint density at radius 3 is 1.47 bits per heavy atom. The van der Waals surface area contributed by atoms with E-state index in [4.69, 9.17) is 9.97 Å². The first-order chi connectivity index (χ1) is 17.7. The molecule has 0 atom stereocenters. The van der Waals surface area contributed by atoms with Crippen molar-refractivity contribution >= 4 is 75.5 Å². The number of pyridine rings is 4. The van der Waals surface area contributed by atoms with Crippen molar-refractivity contribution in [3.05, 3.63) is 106 Å². The van der Waals surface area contributed by atoms with E-state index in [2.05, 4.69) is 115 Å². The van der Waals surface area contributed by atoms with Crippen LogP contribution >= 0.6 is 31.9 Å². The van der Waals surface area contributed by atoms with Gasteiger partial charge in [0.05, 0.1) is 33.5 Å². The maximum Gasteiger partial charge on any atom is 0.0976 e. The lowest BCUT2D eigenvalue weighted by molar-refractivity contribution is 1.35. The summed E-state index contributed by atoms with van der Waals surface area (Å²) < 4.78 is 2.04. The molecule has 7 rings (SSSR count). The zero-order chi connectivity index (χ0) is 24.2. The smallest absolute Gasteiger partial charge is 0.0976 e. The van der Waals surface area contributed by atoms with Crippen LogP contribution in [0.1, 0.15) is 0 Å². The summed E-state index contributed by atoms with van der Waals surface area (Å²) in [5.41, 5.74) is 7.42. The Morgan fingerprint density at radius 2 is 0.972 bits per heavy atom. The summed E-state index contributed by atoms with van der Waals surface area (Å²) >= 11 is 7.34. The van der Waals surface area contributed by atoms with Gasteiger partial charge in [-0.2, -0.15) is 0 Å². The fraction of sp³-hybridized carbons (Fsp3) is 0. The van der Waals surface area contributed by atoms with Crippen LogP contribution in [0.5, 0.6) is 0 Å². The monoisotopic (exact) mass is 590 g/mol. The number of halogens is 2. The lowest BCUT2D eigenvalue weighted by Gasteiger charge is -2.10. The molecule has 0 fully saturated rings. The summed E-state index contributed by atoms with van der Waals surface area (Å²) in [5, 5.41) is 4.21. The Balaban J connectivity index is 1.38. The van der Waals surface area contributed by atoms with Gasteiger partial charge in [0.15, 0.2) is 0 Å². The molecular weight excluding hydrogens is 576 g/mol. The second kappa shape index (κ2) is 8.43. The largest absolute Gasteiger partial charge is 0.254 e. The van der Waals surface area contributed by atoms with E-state index in [0.29, 0.717) is 0 Å². The summed E-state index contributed by atoms with van der Waals surface area (Å²) in [4.78, 5) is 19.3. The minimum atomic E-state index is 0.890. The Labute approximate surface area is 223 Å². The van der Waals surface area contributed by atoms with E-state index >= 15 is 0 Å². The van der Waals surface area contributed by atoms with Crippen LogP contribution in [0.15, 0.2) is 106 Å². The van der Waals surface area contributed by atoms with E-state index < -0.39 is 0 Å². The second-order valence-electron chi connectivity index (χ2n) is 8.63. The molecule has 0 bridgehead atoms. The van der Waals surface area contributed by atoms with Gasteiger partial charge in [0.25, 0.3) is 0 Å². The van der Waals surface area contributed by atoms with Crippen LogP contribution in [0.2, 0.25) is 0 Å². The third-order valence-corrected chi connectivity index (χ3v) is 7.76. The van der Waals surface area contributed by atoms with Crippen LogP contribution in [0.4, 0.5) is 0 Å². The van der Waals surface area contributed by atoms with Gasteiger partial charge in [-0.1, -0.05) is 74.3 Å². The molecule has 4 heterocycles. The maximum absolute atomic E-state index is 5.03. The first-order valence-corrected chi connectivity index (χ1v) is 13.0. The molecule has 3 aromatic carbocycles. The third kappa shape index (κ3) is 3.48. The van der Waals surface area contributed by atoms with Crippen LogP contribution < -0.4 is 0 Å². The Kier molecular flexibility index (Phi) is 5.04. The molecule has 36 heavy (non-hydrogen) atoms. The molecule has 0 aliphatic heterocycles. The molecule has 0 amide bonds. The van der Waals surface area contributed by atoms with E-state index in [1.165, 1.54) is 0 Å². The van der Waals surface area contributed by atoms with Crippen molar-refractivity contribution in [2.75, 3.05) is 0 Å². The van der Waals surface area contributed by atoms with Crippen LogP contribution in [0.25, 0.3) is 66.1 Å². The molecule has 0 unspecified atom stereocenters. The first-order valence-electron chi connectivity index (χ1n) is 11.4. The van der Waals surface area contributed by atoms with E-state index in [1.807, 2.05) is 24.5 Å². The summed E-state index contributed by atoms with van der Waals surface area (Å²) in [5.74, 6) is 0. The summed E-state index contributed by atoms with van der Waals surface area (Å²) in [6.45, 7) is 0. The van der Waals surface area contributed by atoms with Gasteiger partial charge in [0.2, 0.25) is 0 Å². The molecule has 7 aromatic rings. The number of fused-ring (bicyclic) bond motifs is 6. The molecule has 6 heteroatoms. The van der Waals surface area contributed by atoms with Crippen molar-refractivity contribution in [1.82, 2.24) is 19.9 Å². The quantitative estimate of drug-likeness (QED) is 0.189. The van der Waals surface area contributed by atoms with Gasteiger partial charge in [0, 0.05) is 54.0 Å². The summed E-state index contributed by atoms with van der Waals surface area (Å²) in [6.07, 6.45) is 3.62. The van der Waals surface area contributed by atoms with E-state index in [-0.39, 0.29) is 0 Å². The number of hydrogen-bond donors (Lipinski definition) is 0. The molecule has 0 aliphatic rings. The van der Waals surface area contributed by atoms with Crippen molar-refractivity contribution in [2.24, 2.45) is 0 Å². The van der Waals surface area contributed by atoms with Crippen molar-refractivity contribution in [1.29, 1.82) is 0 Å². The minimum absolute atomic E-state index is 0.890. The number of rotatable bonds is 2. The standard InChI is InChI=1S/C30H16Br2N4/c31-23-15-19-8-10-25(35-27(19)29-21(23)6-2-12-33-29)17-4-1-5-18(14-17)26-11-9-20-16-24(32)22-7-3-13-34-30(22)28(20)36-26/h1-16H. The number of hydrogen-bond acceptors (Lipinski definition) is 4. The molecule has 0 spiro atoms. The normalized spacial score (nSPS) is 11.6. The topological polar surface area (TPSA) is 51.6 Å². The van der Waals surface area contributed by atoms with Gasteiger partial charge in [0.1, 0.15) is 0 Å². The van der Waals surface area contributed by atoms with Gasteiger partial charge < -0.3 is 0 Å². The van der Waals surface area contributed by atoms with Gasteiger partial charge in [-0.05, 0) is 42.5 Å². The summed E-state index contributed by atoms with van der Waals surface area (Å²) in [6, 6.07) is 28.9. The third-order valence-electron chi connectivity index (χ3n) is 6.45. The SMILES string of the molecule is Brc1cc2ccc(-c3cccc(-c4ccc5cc(Br)c6cccnc6c5n4)c3)nc2c2ncccc12. The number of nitrogens with zero attached hydrogens (tertiary/aromatic N) is 4. The first kappa shape index (κ1) is 21.5. The Hall–Kier alpha value is -3.74. The molecule has 0 radical (unpaired) electrons. The zero-order valence-electron chi connectivity index (χ0n) is 18.8. The van der Waals surface area contributed by atoms with Crippen molar-refractivity contribution in [3.63, 3.8) is 0 Å². The molecule has 0 saturated heterocycles. The van der Waals surface area contributed by atoms with E-state index in [1.54, 1.807) is 0 Å². The molecule has 4 nitrogen and oxygen atoms in total. The van der Waals surface area contributed by atoms with Gasteiger partial charge in [-0.3, -0.25) is 9.97 Å². The zero-order valence-corrected chi connectivity index (χ0v) is 22.0. The average Bonchev–Trinajstić information content (AvgIpc) is 2.93. The fourth-order valence-electron chi connectivity index (χ4n) is 4.71. The average molecular weight is 592 g/mol. The highest BCUT2D eigenvalue weighted by molar-refractivity contribution is 9.11. The second-order valence-corrected chi connectivity index (χ2v) is 10.3. The molecule has 0 aliphatic carbocycles. The van der Waals surface area contributed by atoms with Crippen LogP contribution in [-0.4, -0.2) is 19.9 Å².